The summed E-state index contributed by atoms with van der Waals surface area (Å²) in [6, 6.07) is 14.0. The van der Waals surface area contributed by atoms with Crippen LogP contribution < -0.4 is 10.2 Å². The Balaban J connectivity index is 1.56. The van der Waals surface area contributed by atoms with E-state index < -0.39 is 0 Å². The minimum Gasteiger partial charge on any atom is -0.375 e. The lowest BCUT2D eigenvalue weighted by Crippen LogP contribution is -2.41. The van der Waals surface area contributed by atoms with E-state index in [0.29, 0.717) is 6.54 Å². The van der Waals surface area contributed by atoms with Crippen molar-refractivity contribution in [3.63, 3.8) is 0 Å². The van der Waals surface area contributed by atoms with Gasteiger partial charge in [-0.25, -0.2) is 4.98 Å². The number of benzene rings is 1. The Morgan fingerprint density at radius 1 is 1.31 bits per heavy atom. The van der Waals surface area contributed by atoms with E-state index in [1.807, 2.05) is 55.6 Å². The maximum atomic E-state index is 12.5. The Morgan fingerprint density at radius 2 is 2.12 bits per heavy atom. The molecule has 0 bridgehead atoms. The molecule has 2 atom stereocenters. The van der Waals surface area contributed by atoms with Crippen molar-refractivity contribution in [3.05, 3.63) is 59.8 Å². The first-order valence-corrected chi connectivity index (χ1v) is 9.31. The highest BCUT2D eigenvalue weighted by Gasteiger charge is 2.19. The van der Waals surface area contributed by atoms with Crippen molar-refractivity contribution in [2.75, 3.05) is 24.6 Å². The third-order valence-electron chi connectivity index (χ3n) is 4.77. The topological polar surface area (TPSA) is 54.5 Å². The lowest BCUT2D eigenvalue weighted by molar-refractivity contribution is -0.122. The zero-order valence-corrected chi connectivity index (χ0v) is 15.5. The van der Waals surface area contributed by atoms with Crippen molar-refractivity contribution < 1.29 is 9.53 Å². The van der Waals surface area contributed by atoms with Gasteiger partial charge >= 0.3 is 0 Å². The van der Waals surface area contributed by atoms with E-state index >= 15 is 0 Å². The first-order chi connectivity index (χ1) is 12.7. The number of hydrogen-bond acceptors (Lipinski definition) is 4. The second kappa shape index (κ2) is 8.81. The first kappa shape index (κ1) is 18.4. The molecule has 0 unspecified atom stereocenters. The van der Waals surface area contributed by atoms with Crippen LogP contribution in [0, 0.1) is 0 Å². The fourth-order valence-electron chi connectivity index (χ4n) is 3.31. The normalized spacial score (nSPS) is 18.4. The molecule has 0 saturated carbocycles. The molecule has 0 spiro atoms. The lowest BCUT2D eigenvalue weighted by atomic mass is 9.95. The summed E-state index contributed by atoms with van der Waals surface area (Å²) in [4.78, 5) is 19.3. The molecular weight excluding hydrogens is 326 g/mol. The predicted molar refractivity (Wildman–Crippen MR) is 103 cm³/mol. The number of rotatable bonds is 6. The Labute approximate surface area is 155 Å². The number of amides is 1. The Kier molecular flexibility index (Phi) is 6.23. The van der Waals surface area contributed by atoms with Crippen LogP contribution in [0.4, 0.5) is 5.82 Å². The SMILES string of the molecule is CC[C@H](C(=O)NCc1ccc(N2CCO[C@H](C)C2)nc1)c1ccccc1. The quantitative estimate of drug-likeness (QED) is 0.867. The average Bonchev–Trinajstić information content (AvgIpc) is 2.68. The molecule has 2 heterocycles. The highest BCUT2D eigenvalue weighted by molar-refractivity contribution is 5.83. The molecule has 0 radical (unpaired) electrons. The fraction of sp³-hybridized carbons (Fsp3) is 0.429. The number of morpholine rings is 1. The zero-order valence-electron chi connectivity index (χ0n) is 15.5. The number of nitrogens with zero attached hydrogens (tertiary/aromatic N) is 2. The van der Waals surface area contributed by atoms with E-state index in [0.717, 1.165) is 43.1 Å². The summed E-state index contributed by atoms with van der Waals surface area (Å²) >= 11 is 0. The highest BCUT2D eigenvalue weighted by Crippen LogP contribution is 2.20. The molecule has 1 saturated heterocycles. The first-order valence-electron chi connectivity index (χ1n) is 9.31. The van der Waals surface area contributed by atoms with Gasteiger partial charge in [-0.05, 0) is 30.5 Å². The van der Waals surface area contributed by atoms with Gasteiger partial charge in [-0.15, -0.1) is 0 Å². The Morgan fingerprint density at radius 3 is 2.77 bits per heavy atom. The van der Waals surface area contributed by atoms with E-state index in [9.17, 15) is 4.79 Å². The molecule has 1 aliphatic heterocycles. The van der Waals surface area contributed by atoms with Crippen molar-refractivity contribution in [1.29, 1.82) is 0 Å². The molecule has 5 nitrogen and oxygen atoms in total. The smallest absolute Gasteiger partial charge is 0.227 e. The van der Waals surface area contributed by atoms with Gasteiger partial charge in [0.25, 0.3) is 0 Å². The Hall–Kier alpha value is -2.40. The molecule has 5 heteroatoms. The van der Waals surface area contributed by atoms with Crippen molar-refractivity contribution in [3.8, 4) is 0 Å². The van der Waals surface area contributed by atoms with Crippen LogP contribution in [0.25, 0.3) is 0 Å². The molecular formula is C21H27N3O2. The third-order valence-corrected chi connectivity index (χ3v) is 4.77. The molecule has 26 heavy (non-hydrogen) atoms. The zero-order chi connectivity index (χ0) is 18.4. The Bertz CT molecular complexity index is 703. The van der Waals surface area contributed by atoms with Crippen molar-refractivity contribution in [1.82, 2.24) is 10.3 Å². The number of carbonyl (C=O) groups is 1. The molecule has 1 amide bonds. The van der Waals surface area contributed by atoms with Gasteiger partial charge in [0.2, 0.25) is 5.91 Å². The second-order valence-corrected chi connectivity index (χ2v) is 6.74. The minimum atomic E-state index is -0.113. The van der Waals surface area contributed by atoms with Crippen molar-refractivity contribution >= 4 is 11.7 Å². The van der Waals surface area contributed by atoms with Crippen LogP contribution in [-0.4, -0.2) is 36.7 Å². The van der Waals surface area contributed by atoms with Gasteiger partial charge in [0.15, 0.2) is 0 Å². The molecule has 1 N–H and O–H groups in total. The number of aromatic nitrogens is 1. The van der Waals surface area contributed by atoms with Crippen LogP contribution in [0.15, 0.2) is 48.7 Å². The summed E-state index contributed by atoms with van der Waals surface area (Å²) in [5.41, 5.74) is 2.06. The third kappa shape index (κ3) is 4.61. The molecule has 138 valence electrons. The van der Waals surface area contributed by atoms with Crippen LogP contribution in [0.5, 0.6) is 0 Å². The number of anilines is 1. The van der Waals surface area contributed by atoms with E-state index in [1.54, 1.807) is 0 Å². The summed E-state index contributed by atoms with van der Waals surface area (Å²) in [5, 5.41) is 3.04. The summed E-state index contributed by atoms with van der Waals surface area (Å²) in [6.07, 6.45) is 2.86. The second-order valence-electron chi connectivity index (χ2n) is 6.74. The number of carbonyl (C=O) groups excluding carboxylic acids is 1. The molecule has 1 aliphatic rings. The van der Waals surface area contributed by atoms with Crippen molar-refractivity contribution in [2.24, 2.45) is 0 Å². The summed E-state index contributed by atoms with van der Waals surface area (Å²) in [6.45, 7) is 7.07. The summed E-state index contributed by atoms with van der Waals surface area (Å²) in [5.74, 6) is 0.911. The summed E-state index contributed by atoms with van der Waals surface area (Å²) < 4.78 is 5.57. The van der Waals surface area contributed by atoms with Gasteiger partial charge in [-0.1, -0.05) is 43.3 Å². The van der Waals surface area contributed by atoms with E-state index in [-0.39, 0.29) is 17.9 Å². The number of hydrogen-bond donors (Lipinski definition) is 1. The summed E-state index contributed by atoms with van der Waals surface area (Å²) in [7, 11) is 0. The van der Waals surface area contributed by atoms with Gasteiger partial charge in [-0.3, -0.25) is 4.79 Å². The fourth-order valence-corrected chi connectivity index (χ4v) is 3.31. The molecule has 3 rings (SSSR count). The predicted octanol–water partition coefficient (Wildman–Crippen LogP) is 3.12. The van der Waals surface area contributed by atoms with Crippen LogP contribution in [0.3, 0.4) is 0 Å². The van der Waals surface area contributed by atoms with Gasteiger partial charge in [0, 0.05) is 25.8 Å². The maximum absolute atomic E-state index is 12.5. The monoisotopic (exact) mass is 353 g/mol. The molecule has 2 aromatic rings. The average molecular weight is 353 g/mol. The van der Waals surface area contributed by atoms with Gasteiger partial charge in [0.05, 0.1) is 18.6 Å². The lowest BCUT2D eigenvalue weighted by Gasteiger charge is -2.32. The van der Waals surface area contributed by atoms with Crippen LogP contribution in [0.2, 0.25) is 0 Å². The molecule has 1 aromatic carbocycles. The number of ether oxygens (including phenoxy) is 1. The van der Waals surface area contributed by atoms with Gasteiger partial charge < -0.3 is 15.0 Å². The highest BCUT2D eigenvalue weighted by atomic mass is 16.5. The van der Waals surface area contributed by atoms with Gasteiger partial charge in [0.1, 0.15) is 5.82 Å². The molecule has 0 aliphatic carbocycles. The van der Waals surface area contributed by atoms with Crippen LogP contribution in [0.1, 0.15) is 37.3 Å². The van der Waals surface area contributed by atoms with E-state index in [1.165, 1.54) is 0 Å². The molecule has 1 aromatic heterocycles. The van der Waals surface area contributed by atoms with Crippen LogP contribution >= 0.6 is 0 Å². The minimum absolute atomic E-state index is 0.0600. The van der Waals surface area contributed by atoms with E-state index in [4.69, 9.17) is 4.74 Å². The molecule has 1 fully saturated rings. The standard InChI is InChI=1S/C21H27N3O2/c1-3-19(18-7-5-4-6-8-18)21(25)23-14-17-9-10-20(22-13-17)24-11-12-26-16(2)15-24/h4-10,13,16,19H,3,11-12,14-15H2,1-2H3,(H,23,25)/t16-,19+/m1/s1. The largest absolute Gasteiger partial charge is 0.375 e. The van der Waals surface area contributed by atoms with E-state index in [2.05, 4.69) is 22.1 Å². The van der Waals surface area contributed by atoms with Crippen molar-refractivity contribution in [2.45, 2.75) is 38.8 Å². The maximum Gasteiger partial charge on any atom is 0.227 e. The number of nitrogens with one attached hydrogen (secondary N) is 1. The van der Waals surface area contributed by atoms with Crippen LogP contribution in [-0.2, 0) is 16.1 Å². The van der Waals surface area contributed by atoms with Gasteiger partial charge in [-0.2, -0.15) is 0 Å². The number of pyridine rings is 1.